The molecule has 248 valence electrons. The number of allylic oxidation sites excluding steroid dienone is 1. The Hall–Kier alpha value is -3.77. The number of rotatable bonds is 8. The maximum Gasteiger partial charge on any atom is 2.00 e. The van der Waals surface area contributed by atoms with Gasteiger partial charge in [0.1, 0.15) is 0 Å². The van der Waals surface area contributed by atoms with E-state index >= 15 is 0 Å². The van der Waals surface area contributed by atoms with Crippen molar-refractivity contribution in [2.24, 2.45) is 17.8 Å². The Morgan fingerprint density at radius 3 is 2.44 bits per heavy atom. The van der Waals surface area contributed by atoms with Gasteiger partial charge in [0.2, 0.25) is 0 Å². The molecular formula is C37H40MgN4O6-2. The molecule has 11 heteroatoms. The first kappa shape index (κ1) is 35.5. The molecular weight excluding hydrogens is 621 g/mol. The average molecular weight is 661 g/mol. The second-order valence-corrected chi connectivity index (χ2v) is 12.4. The molecule has 3 aromatic rings. The van der Waals surface area contributed by atoms with Crippen molar-refractivity contribution >= 4 is 70.9 Å². The number of nitrogens with zero attached hydrogens (tertiary/aromatic N) is 4. The van der Waals surface area contributed by atoms with Crippen LogP contribution >= 0.6 is 0 Å². The van der Waals surface area contributed by atoms with Gasteiger partial charge in [-0.2, -0.15) is 5.70 Å². The largest absolute Gasteiger partial charge is 2.00 e. The molecule has 0 spiro atoms. The normalized spacial score (nSPS) is 24.5. The molecule has 6 rings (SSSR count). The monoisotopic (exact) mass is 660 g/mol. The van der Waals surface area contributed by atoms with Crippen LogP contribution < -0.4 is 36.2 Å². The van der Waals surface area contributed by atoms with E-state index in [9.17, 15) is 19.8 Å². The van der Waals surface area contributed by atoms with Crippen LogP contribution in [-0.4, -0.2) is 71.1 Å². The molecule has 3 aliphatic rings. The Labute approximate surface area is 295 Å². The molecule has 3 aromatic heterocycles. The number of ketones is 1. The van der Waals surface area contributed by atoms with Crippen molar-refractivity contribution in [3.63, 3.8) is 0 Å². The number of carbonyl (C=O) groups is 2. The van der Waals surface area contributed by atoms with Crippen molar-refractivity contribution in [2.75, 3.05) is 13.7 Å². The van der Waals surface area contributed by atoms with E-state index in [4.69, 9.17) is 29.7 Å². The van der Waals surface area contributed by atoms with E-state index in [0.717, 1.165) is 28.6 Å². The second-order valence-electron chi connectivity index (χ2n) is 12.4. The Kier molecular flexibility index (Phi) is 10.4. The van der Waals surface area contributed by atoms with Gasteiger partial charge in [0.05, 0.1) is 18.8 Å². The van der Waals surface area contributed by atoms with E-state index < -0.39 is 18.2 Å². The summed E-state index contributed by atoms with van der Waals surface area (Å²) in [5.74, 6) is -1.91. The van der Waals surface area contributed by atoms with E-state index in [2.05, 4.69) is 13.5 Å². The zero-order valence-electron chi connectivity index (χ0n) is 28.3. The third-order valence-electron chi connectivity index (χ3n) is 9.98. The Balaban J connectivity index is 0.00000451. The third-order valence-corrected chi connectivity index (χ3v) is 9.98. The topological polar surface area (TPSA) is 149 Å². The van der Waals surface area contributed by atoms with Crippen molar-refractivity contribution in [2.45, 2.75) is 66.2 Å². The number of hydrogen-bond acceptors (Lipinski definition) is 6. The number of Topliss-reactive ketones (excluding diaryl/α,β-unsaturated/α-hetero) is 1. The van der Waals surface area contributed by atoms with Crippen LogP contribution in [0.1, 0.15) is 83.3 Å². The van der Waals surface area contributed by atoms with Gasteiger partial charge >= 0.3 is 29.0 Å². The maximum absolute atomic E-state index is 14.2. The molecule has 1 aliphatic carbocycles. The maximum atomic E-state index is 14.2. The number of fused-ring (bicyclic) bond motifs is 8. The van der Waals surface area contributed by atoms with Crippen LogP contribution in [-0.2, 0) is 20.7 Å². The van der Waals surface area contributed by atoms with Gasteiger partial charge in [-0.1, -0.05) is 73.0 Å². The van der Waals surface area contributed by atoms with Gasteiger partial charge in [-0.05, 0) is 56.2 Å². The Bertz CT molecular complexity index is 2070. The summed E-state index contributed by atoms with van der Waals surface area (Å²) in [6.07, 6.45) is 8.32. The fourth-order valence-corrected chi connectivity index (χ4v) is 7.47. The number of aliphatic hydroxyl groups is 2. The summed E-state index contributed by atoms with van der Waals surface area (Å²) in [5.41, 5.74) is 7.05. The number of esters is 1. The second kappa shape index (κ2) is 14.0. The van der Waals surface area contributed by atoms with E-state index in [1.807, 2.05) is 39.0 Å². The molecule has 0 radical (unpaired) electrons. The van der Waals surface area contributed by atoms with Gasteiger partial charge in [-0.15, -0.1) is 33.1 Å². The summed E-state index contributed by atoms with van der Waals surface area (Å²) in [5, 5.41) is 28.9. The van der Waals surface area contributed by atoms with Crippen molar-refractivity contribution < 1.29 is 29.3 Å². The predicted octanol–water partition coefficient (Wildman–Crippen LogP) is 1.59. The van der Waals surface area contributed by atoms with Crippen LogP contribution in [0.15, 0.2) is 12.3 Å². The van der Waals surface area contributed by atoms with E-state index in [0.29, 0.717) is 67.9 Å². The fraction of sp³-hybridized carbons (Fsp3) is 0.405. The molecule has 2 unspecified atom stereocenters. The van der Waals surface area contributed by atoms with E-state index in [1.54, 1.807) is 13.0 Å². The van der Waals surface area contributed by atoms with Gasteiger partial charge in [0.15, 0.2) is 12.1 Å². The molecule has 8 bridgehead atoms. The smallest absolute Gasteiger partial charge is 0.681 e. The molecule has 2 aliphatic heterocycles. The minimum absolute atomic E-state index is 0. The SMILES string of the molecule is C=Cc1c2[n-]c(c1C)/C=C1/[N-]C(C3=c4[n-]/c(c(C)c4C(=O)[C@@H]3C(O)OC)=C\c3[n-]c(/c(=C\O)c3CC)=C\2)[C@@H](CCC(=O)OCC)[C@@H]1C.[Mg+2]. The first-order valence-corrected chi connectivity index (χ1v) is 16.1. The van der Waals surface area contributed by atoms with Gasteiger partial charge in [-0.3, -0.25) is 9.59 Å². The number of carbonyl (C=O) groups excluding carboxylic acids is 2. The quantitative estimate of drug-likeness (QED) is 0.209. The average Bonchev–Trinajstić information content (AvgIpc) is 3.80. The molecule has 10 nitrogen and oxygen atoms in total. The summed E-state index contributed by atoms with van der Waals surface area (Å²) in [7, 11) is 1.37. The summed E-state index contributed by atoms with van der Waals surface area (Å²) in [6, 6.07) is -0.564. The van der Waals surface area contributed by atoms with Gasteiger partial charge in [0, 0.05) is 19.1 Å². The number of aromatic nitrogens is 3. The summed E-state index contributed by atoms with van der Waals surface area (Å²) < 4.78 is 10.6. The summed E-state index contributed by atoms with van der Waals surface area (Å²) >= 11 is 0. The molecule has 0 amide bonds. The zero-order chi connectivity index (χ0) is 33.7. The van der Waals surface area contributed by atoms with Crippen molar-refractivity contribution in [1.29, 1.82) is 0 Å². The Morgan fingerprint density at radius 1 is 1.06 bits per heavy atom. The van der Waals surface area contributed by atoms with Crippen LogP contribution in [0.2, 0.25) is 0 Å². The first-order chi connectivity index (χ1) is 22.6. The van der Waals surface area contributed by atoms with Crippen LogP contribution in [0, 0.1) is 31.6 Å². The zero-order valence-corrected chi connectivity index (χ0v) is 29.7. The minimum atomic E-state index is -1.41. The van der Waals surface area contributed by atoms with E-state index in [-0.39, 0.29) is 59.7 Å². The standard InChI is InChI=1S/C37H40N4O6.Mg/c1-8-20-17(4)24-13-25-18(5)22(11-12-30(43)47-10-3)34(40-25)32-33(37(45)46-7)36(44)31-19(6)26(41-35(31)32)14-28-21(9-2)23(16-42)29(39-28)15-27(20)38-24;/h8,13-16,18,22,33-34,37,45H,1,9-12H2,2-7H3,(H,42,44);/q-4;+2/b25-13+,29-15-;/t18-,22-,33+,34?,37?;/m0./s1. The van der Waals surface area contributed by atoms with E-state index in [1.165, 1.54) is 7.11 Å². The van der Waals surface area contributed by atoms with Crippen LogP contribution in [0.5, 0.6) is 0 Å². The van der Waals surface area contributed by atoms with Crippen molar-refractivity contribution in [1.82, 2.24) is 15.0 Å². The number of methoxy groups -OCH3 is 1. The predicted molar refractivity (Wildman–Crippen MR) is 185 cm³/mol. The van der Waals surface area contributed by atoms with Crippen LogP contribution in [0.25, 0.3) is 41.5 Å². The number of ether oxygens (including phenoxy) is 2. The van der Waals surface area contributed by atoms with Crippen LogP contribution in [0.3, 0.4) is 0 Å². The molecule has 5 atom stereocenters. The summed E-state index contributed by atoms with van der Waals surface area (Å²) in [4.78, 5) is 41.6. The molecule has 5 heterocycles. The number of hydrogen-bond donors (Lipinski definition) is 2. The first-order valence-electron chi connectivity index (χ1n) is 16.1. The molecule has 0 aromatic carbocycles. The molecule has 0 saturated carbocycles. The molecule has 1 saturated heterocycles. The van der Waals surface area contributed by atoms with Gasteiger partial charge < -0.3 is 40.0 Å². The van der Waals surface area contributed by atoms with Gasteiger partial charge in [-0.25, -0.2) is 0 Å². The van der Waals surface area contributed by atoms with Crippen molar-refractivity contribution in [3.05, 3.63) is 83.8 Å². The fourth-order valence-electron chi connectivity index (χ4n) is 7.47. The third kappa shape index (κ3) is 5.70. The molecule has 1 fully saturated rings. The molecule has 2 N–H and O–H groups in total. The number of aliphatic hydroxyl groups excluding tert-OH is 2. The van der Waals surface area contributed by atoms with Gasteiger partial charge in [0.25, 0.3) is 0 Å². The summed E-state index contributed by atoms with van der Waals surface area (Å²) in [6.45, 7) is 14.0. The molecule has 48 heavy (non-hydrogen) atoms. The minimum Gasteiger partial charge on any atom is -0.681 e. The van der Waals surface area contributed by atoms with Crippen molar-refractivity contribution in [3.8, 4) is 0 Å². The Morgan fingerprint density at radius 2 is 1.79 bits per heavy atom. The van der Waals surface area contributed by atoms with Crippen LogP contribution in [0.4, 0.5) is 0 Å².